The van der Waals surface area contributed by atoms with Crippen LogP contribution in [0, 0.1) is 18.6 Å². The first-order valence-electron chi connectivity index (χ1n) is 12.0. The molecule has 0 bridgehead atoms. The molecule has 6 rings (SSSR count). The molecule has 0 spiro atoms. The van der Waals surface area contributed by atoms with Crippen molar-refractivity contribution in [3.8, 4) is 5.69 Å². The van der Waals surface area contributed by atoms with Crippen molar-refractivity contribution in [2.45, 2.75) is 6.92 Å². The number of nitrogens with zero attached hydrogens (tertiary/aromatic N) is 7. The number of nitrogens with one attached hydrogen (secondary N) is 1. The van der Waals surface area contributed by atoms with Crippen molar-refractivity contribution in [2.24, 2.45) is 0 Å². The zero-order valence-electron chi connectivity index (χ0n) is 20.6. The van der Waals surface area contributed by atoms with Crippen LogP contribution in [0.3, 0.4) is 0 Å². The smallest absolute Gasteiger partial charge is 0.281 e. The number of benzene rings is 2. The standard InChI is InChI=1S/C26H23ClF2N8O/c1-15-12-16(13-20(29)22(15)35-10-8-34(2)9-11-35)32-26-31-14-17-21(33-26)24-30-6-7-36(24)37(25(17)38)23-18(27)4-3-5-19(23)28/h3-7,12-14H,8-11H2,1-2H3,(H,31,32,33). The molecule has 0 unspecified atom stereocenters. The Hall–Kier alpha value is -4.09. The van der Waals surface area contributed by atoms with E-state index in [9.17, 15) is 9.18 Å². The van der Waals surface area contributed by atoms with E-state index in [2.05, 4.69) is 37.1 Å². The average molecular weight is 537 g/mol. The van der Waals surface area contributed by atoms with E-state index >= 15 is 4.39 Å². The van der Waals surface area contributed by atoms with Crippen molar-refractivity contribution < 1.29 is 8.78 Å². The SMILES string of the molecule is Cc1cc(Nc2ncc3c(=O)n(-c4c(F)cccc4Cl)n4ccnc4c3n2)cc(F)c1N1CCN(C)CC1. The summed E-state index contributed by atoms with van der Waals surface area (Å²) >= 11 is 6.25. The Bertz CT molecular complexity index is 1720. The maximum atomic E-state index is 15.2. The first-order chi connectivity index (χ1) is 18.3. The van der Waals surface area contributed by atoms with Crippen LogP contribution < -0.4 is 15.8 Å². The highest BCUT2D eigenvalue weighted by molar-refractivity contribution is 6.32. The highest BCUT2D eigenvalue weighted by Crippen LogP contribution is 2.30. The van der Waals surface area contributed by atoms with Gasteiger partial charge in [-0.1, -0.05) is 17.7 Å². The van der Waals surface area contributed by atoms with Gasteiger partial charge in [0.05, 0.1) is 16.1 Å². The molecule has 0 atom stereocenters. The zero-order valence-corrected chi connectivity index (χ0v) is 21.4. The lowest BCUT2D eigenvalue weighted by Crippen LogP contribution is -2.45. The quantitative estimate of drug-likeness (QED) is 0.369. The van der Waals surface area contributed by atoms with Gasteiger partial charge < -0.3 is 15.1 Å². The first-order valence-corrected chi connectivity index (χ1v) is 12.4. The molecule has 12 heteroatoms. The zero-order chi connectivity index (χ0) is 26.6. The van der Waals surface area contributed by atoms with Gasteiger partial charge in [-0.3, -0.25) is 4.79 Å². The van der Waals surface area contributed by atoms with Gasteiger partial charge in [0.15, 0.2) is 5.65 Å². The summed E-state index contributed by atoms with van der Waals surface area (Å²) in [6.45, 7) is 5.12. The van der Waals surface area contributed by atoms with Gasteiger partial charge in [0.25, 0.3) is 5.56 Å². The van der Waals surface area contributed by atoms with Crippen LogP contribution in [0.2, 0.25) is 5.02 Å². The highest BCUT2D eigenvalue weighted by Gasteiger charge is 2.22. The number of aryl methyl sites for hydroxylation is 1. The van der Waals surface area contributed by atoms with Crippen molar-refractivity contribution in [3.05, 3.63) is 81.5 Å². The summed E-state index contributed by atoms with van der Waals surface area (Å²) in [5, 5.41) is 3.23. The largest absolute Gasteiger partial charge is 0.366 e. The van der Waals surface area contributed by atoms with Crippen LogP contribution in [-0.4, -0.2) is 62.3 Å². The number of fused-ring (bicyclic) bond motifs is 3. The van der Waals surface area contributed by atoms with E-state index in [0.717, 1.165) is 36.4 Å². The van der Waals surface area contributed by atoms with Crippen LogP contribution in [0.25, 0.3) is 22.2 Å². The minimum atomic E-state index is -0.662. The molecule has 1 saturated heterocycles. The second-order valence-corrected chi connectivity index (χ2v) is 9.68. The van der Waals surface area contributed by atoms with Crippen molar-refractivity contribution in [3.63, 3.8) is 0 Å². The fraction of sp³-hybridized carbons (Fsp3) is 0.231. The monoisotopic (exact) mass is 536 g/mol. The number of hydrogen-bond donors (Lipinski definition) is 1. The van der Waals surface area contributed by atoms with E-state index in [0.29, 0.717) is 17.0 Å². The van der Waals surface area contributed by atoms with Crippen LogP contribution in [0.15, 0.2) is 53.7 Å². The van der Waals surface area contributed by atoms with E-state index in [-0.39, 0.29) is 33.4 Å². The third-order valence-corrected chi connectivity index (χ3v) is 7.04. The predicted octanol–water partition coefficient (Wildman–Crippen LogP) is 4.16. The molecule has 1 aliphatic heterocycles. The molecule has 3 aromatic heterocycles. The molecule has 1 fully saturated rings. The van der Waals surface area contributed by atoms with E-state index < -0.39 is 11.4 Å². The summed E-state index contributed by atoms with van der Waals surface area (Å²) in [4.78, 5) is 30.8. The highest BCUT2D eigenvalue weighted by atomic mass is 35.5. The van der Waals surface area contributed by atoms with E-state index in [4.69, 9.17) is 11.6 Å². The van der Waals surface area contributed by atoms with E-state index in [1.54, 1.807) is 0 Å². The van der Waals surface area contributed by atoms with E-state index in [1.807, 2.05) is 13.0 Å². The number of aromatic nitrogens is 5. The Morgan fingerprint density at radius 1 is 1.03 bits per heavy atom. The average Bonchev–Trinajstić information content (AvgIpc) is 3.36. The van der Waals surface area contributed by atoms with Gasteiger partial charge in [-0.05, 0) is 43.8 Å². The van der Waals surface area contributed by atoms with Crippen LogP contribution >= 0.6 is 11.6 Å². The Balaban J connectivity index is 1.40. The van der Waals surface area contributed by atoms with Crippen molar-refractivity contribution >= 4 is 45.5 Å². The summed E-state index contributed by atoms with van der Waals surface area (Å²) in [6.07, 6.45) is 4.34. The van der Waals surface area contributed by atoms with Gasteiger partial charge in [-0.2, -0.15) is 0 Å². The van der Waals surface area contributed by atoms with Gasteiger partial charge >= 0.3 is 0 Å². The summed E-state index contributed by atoms with van der Waals surface area (Å²) < 4.78 is 32.4. The lowest BCUT2D eigenvalue weighted by Gasteiger charge is -2.35. The molecule has 4 heterocycles. The molecule has 1 N–H and O–H groups in total. The number of piperazine rings is 1. The maximum absolute atomic E-state index is 15.2. The maximum Gasteiger partial charge on any atom is 0.281 e. The second kappa shape index (κ2) is 9.34. The van der Waals surface area contributed by atoms with Crippen LogP contribution in [0.5, 0.6) is 0 Å². The Kier molecular flexibility index (Phi) is 5.96. The molecule has 0 aliphatic carbocycles. The first kappa shape index (κ1) is 24.3. The summed E-state index contributed by atoms with van der Waals surface area (Å²) in [5.74, 6) is -0.835. The van der Waals surface area contributed by atoms with Gasteiger partial charge in [0.1, 0.15) is 22.8 Å². The Morgan fingerprint density at radius 2 is 1.82 bits per heavy atom. The van der Waals surface area contributed by atoms with Gasteiger partial charge in [-0.15, -0.1) is 0 Å². The van der Waals surface area contributed by atoms with Crippen LogP contribution in [-0.2, 0) is 0 Å². The molecular formula is C26H23ClF2N8O. The third-order valence-electron chi connectivity index (χ3n) is 6.74. The normalized spacial score (nSPS) is 14.5. The van der Waals surface area contributed by atoms with Crippen LogP contribution in [0.4, 0.5) is 26.1 Å². The molecule has 194 valence electrons. The summed E-state index contributed by atoms with van der Waals surface area (Å²) in [6, 6.07) is 7.44. The molecule has 9 nitrogen and oxygen atoms in total. The number of rotatable bonds is 4. The lowest BCUT2D eigenvalue weighted by molar-refractivity contribution is 0.311. The minimum absolute atomic E-state index is 0.0677. The Labute approximate surface area is 220 Å². The third kappa shape index (κ3) is 4.04. The fourth-order valence-electron chi connectivity index (χ4n) is 4.88. The number of halogens is 3. The van der Waals surface area contributed by atoms with Crippen molar-refractivity contribution in [1.82, 2.24) is 29.0 Å². The predicted molar refractivity (Wildman–Crippen MR) is 143 cm³/mol. The second-order valence-electron chi connectivity index (χ2n) is 9.28. The number of imidazole rings is 1. The van der Waals surface area contributed by atoms with Crippen molar-refractivity contribution in [1.29, 1.82) is 0 Å². The molecule has 0 amide bonds. The fourth-order valence-corrected chi connectivity index (χ4v) is 5.12. The van der Waals surface area contributed by atoms with Crippen molar-refractivity contribution in [2.75, 3.05) is 43.4 Å². The topological polar surface area (TPSA) is 83.6 Å². The molecule has 38 heavy (non-hydrogen) atoms. The van der Waals surface area contributed by atoms with E-state index in [1.165, 1.54) is 47.4 Å². The minimum Gasteiger partial charge on any atom is -0.366 e. The number of anilines is 3. The molecular weight excluding hydrogens is 514 g/mol. The lowest BCUT2D eigenvalue weighted by atomic mass is 10.1. The number of para-hydroxylation sites is 1. The van der Waals surface area contributed by atoms with Gasteiger partial charge in [0, 0.05) is 50.5 Å². The summed E-state index contributed by atoms with van der Waals surface area (Å²) in [5.41, 5.74) is 1.75. The Morgan fingerprint density at radius 3 is 2.55 bits per heavy atom. The number of likely N-dealkylation sites (N-methyl/N-ethyl adjacent to an activating group) is 1. The van der Waals surface area contributed by atoms with Gasteiger partial charge in [0.2, 0.25) is 5.95 Å². The molecule has 1 aliphatic rings. The summed E-state index contributed by atoms with van der Waals surface area (Å²) in [7, 11) is 2.05. The molecule has 0 saturated carbocycles. The molecule has 2 aromatic carbocycles. The number of hydrogen-bond acceptors (Lipinski definition) is 7. The van der Waals surface area contributed by atoms with Gasteiger partial charge in [-0.25, -0.2) is 32.9 Å². The van der Waals surface area contributed by atoms with Crippen LogP contribution in [0.1, 0.15) is 5.56 Å². The molecule has 5 aromatic rings. The molecule has 0 radical (unpaired) electrons.